The summed E-state index contributed by atoms with van der Waals surface area (Å²) >= 11 is 0. The van der Waals surface area contributed by atoms with E-state index in [-0.39, 0.29) is 17.3 Å². The molecule has 106 valence electrons. The first-order chi connectivity index (χ1) is 9.11. The fourth-order valence-corrected chi connectivity index (χ4v) is 2.31. The van der Waals surface area contributed by atoms with Crippen molar-refractivity contribution in [1.82, 2.24) is 0 Å². The smallest absolute Gasteiger partial charge is 0.205 e. The minimum absolute atomic E-state index is 0.0558. The van der Waals surface area contributed by atoms with Gasteiger partial charge in [-0.25, -0.2) is 0 Å². The number of rotatable bonds is 8. The Morgan fingerprint density at radius 2 is 1.53 bits per heavy atom. The van der Waals surface area contributed by atoms with Gasteiger partial charge in [0.1, 0.15) is 0 Å². The quantitative estimate of drug-likeness (QED) is 0.539. The summed E-state index contributed by atoms with van der Waals surface area (Å²) in [6, 6.07) is 0. The van der Waals surface area contributed by atoms with Gasteiger partial charge in [-0.1, -0.05) is 39.5 Å². The van der Waals surface area contributed by atoms with E-state index in [0.717, 1.165) is 38.5 Å². The number of ketones is 2. The Bertz CT molecular complexity index is 405. The predicted molar refractivity (Wildman–Crippen MR) is 77.6 cm³/mol. The van der Waals surface area contributed by atoms with Crippen LogP contribution >= 0.6 is 0 Å². The van der Waals surface area contributed by atoms with Gasteiger partial charge in [0, 0.05) is 11.1 Å². The molecule has 0 fully saturated rings. The first-order valence-corrected chi connectivity index (χ1v) is 7.40. The van der Waals surface area contributed by atoms with Gasteiger partial charge in [0.2, 0.25) is 5.78 Å². The van der Waals surface area contributed by atoms with Crippen molar-refractivity contribution in [3.8, 4) is 0 Å². The number of nitrogens with two attached hydrogens (primary N) is 1. The lowest BCUT2D eigenvalue weighted by Crippen LogP contribution is -2.24. The van der Waals surface area contributed by atoms with E-state index < -0.39 is 0 Å². The van der Waals surface area contributed by atoms with Crippen molar-refractivity contribution in [2.24, 2.45) is 5.73 Å². The van der Waals surface area contributed by atoms with E-state index in [9.17, 15) is 9.59 Å². The van der Waals surface area contributed by atoms with E-state index in [1.165, 1.54) is 6.08 Å². The Hall–Kier alpha value is -1.38. The molecule has 3 nitrogen and oxygen atoms in total. The summed E-state index contributed by atoms with van der Waals surface area (Å²) in [5.41, 5.74) is 7.17. The molecule has 0 bridgehead atoms. The van der Waals surface area contributed by atoms with Crippen molar-refractivity contribution in [3.63, 3.8) is 0 Å². The third-order valence-corrected chi connectivity index (χ3v) is 3.54. The van der Waals surface area contributed by atoms with Crippen LogP contribution in [-0.4, -0.2) is 11.6 Å². The van der Waals surface area contributed by atoms with Gasteiger partial charge in [-0.15, -0.1) is 0 Å². The summed E-state index contributed by atoms with van der Waals surface area (Å²) < 4.78 is 0. The maximum atomic E-state index is 12.1. The zero-order valence-corrected chi connectivity index (χ0v) is 12.1. The molecule has 0 spiro atoms. The maximum Gasteiger partial charge on any atom is 0.205 e. The molecule has 1 aliphatic carbocycles. The molecule has 0 atom stereocenters. The Morgan fingerprint density at radius 1 is 0.947 bits per heavy atom. The average Bonchev–Trinajstić information content (AvgIpc) is 2.39. The van der Waals surface area contributed by atoms with Crippen LogP contribution in [0.5, 0.6) is 0 Å². The van der Waals surface area contributed by atoms with E-state index >= 15 is 0 Å². The minimum atomic E-state index is -0.123. The average molecular weight is 263 g/mol. The second kappa shape index (κ2) is 7.93. The summed E-state index contributed by atoms with van der Waals surface area (Å²) in [5, 5.41) is 0. The monoisotopic (exact) mass is 263 g/mol. The standard InChI is InChI=1S/C16H25NO2/c1-3-5-7-9-12-11-14(18)13(10-8-6-4-2)15(17)16(12)19/h11H,3-10,17H2,1-2H3. The Kier molecular flexibility index (Phi) is 6.54. The lowest BCUT2D eigenvalue weighted by Gasteiger charge is -2.16. The van der Waals surface area contributed by atoms with Crippen LogP contribution in [0, 0.1) is 0 Å². The number of hydrogen-bond donors (Lipinski definition) is 1. The number of hydrogen-bond acceptors (Lipinski definition) is 3. The highest BCUT2D eigenvalue weighted by molar-refractivity contribution is 6.22. The lowest BCUT2D eigenvalue weighted by molar-refractivity contribution is -0.116. The van der Waals surface area contributed by atoms with Crippen molar-refractivity contribution in [1.29, 1.82) is 0 Å². The number of carbonyl (C=O) groups excluding carboxylic acids is 2. The minimum Gasteiger partial charge on any atom is -0.395 e. The predicted octanol–water partition coefficient (Wildman–Crippen LogP) is 3.44. The van der Waals surface area contributed by atoms with Crippen molar-refractivity contribution in [3.05, 3.63) is 22.9 Å². The van der Waals surface area contributed by atoms with Crippen molar-refractivity contribution < 1.29 is 9.59 Å². The molecule has 0 aromatic heterocycles. The molecule has 0 unspecified atom stereocenters. The van der Waals surface area contributed by atoms with Crippen LogP contribution in [0.1, 0.15) is 65.2 Å². The van der Waals surface area contributed by atoms with Crippen molar-refractivity contribution >= 4 is 11.6 Å². The molecule has 0 heterocycles. The topological polar surface area (TPSA) is 60.2 Å². The molecule has 0 saturated carbocycles. The molecule has 1 rings (SSSR count). The van der Waals surface area contributed by atoms with Gasteiger partial charge in [0.25, 0.3) is 0 Å². The summed E-state index contributed by atoms with van der Waals surface area (Å²) in [7, 11) is 0. The highest BCUT2D eigenvalue weighted by Crippen LogP contribution is 2.23. The third kappa shape index (κ3) is 4.34. The molecule has 0 aromatic rings. The zero-order chi connectivity index (χ0) is 14.3. The molecular formula is C16H25NO2. The molecule has 0 saturated heterocycles. The number of carbonyl (C=O) groups is 2. The summed E-state index contributed by atoms with van der Waals surface area (Å²) in [5.74, 6) is -0.179. The fraction of sp³-hybridized carbons (Fsp3) is 0.625. The first-order valence-electron chi connectivity index (χ1n) is 7.40. The SMILES string of the molecule is CCCCCC1=CC(=O)C(CCCCC)=C(N)C1=O. The Balaban J connectivity index is 2.68. The van der Waals surface area contributed by atoms with Gasteiger partial charge in [-0.3, -0.25) is 9.59 Å². The van der Waals surface area contributed by atoms with Gasteiger partial charge in [-0.05, 0) is 31.8 Å². The van der Waals surface area contributed by atoms with E-state index in [1.54, 1.807) is 0 Å². The molecule has 19 heavy (non-hydrogen) atoms. The molecular weight excluding hydrogens is 238 g/mol. The van der Waals surface area contributed by atoms with E-state index in [0.29, 0.717) is 24.0 Å². The van der Waals surface area contributed by atoms with Crippen molar-refractivity contribution in [2.75, 3.05) is 0 Å². The third-order valence-electron chi connectivity index (χ3n) is 3.54. The second-order valence-corrected chi connectivity index (χ2v) is 5.17. The molecule has 2 N–H and O–H groups in total. The second-order valence-electron chi connectivity index (χ2n) is 5.17. The maximum absolute atomic E-state index is 12.1. The van der Waals surface area contributed by atoms with Gasteiger partial charge in [-0.2, -0.15) is 0 Å². The number of Topliss-reactive ketones (excluding diaryl/α,β-unsaturated/α-hetero) is 1. The summed E-state index contributed by atoms with van der Waals surface area (Å²) in [6.45, 7) is 4.22. The fourth-order valence-electron chi connectivity index (χ4n) is 2.31. The molecule has 0 amide bonds. The van der Waals surface area contributed by atoms with Crippen LogP contribution in [0.25, 0.3) is 0 Å². The van der Waals surface area contributed by atoms with E-state index in [1.807, 2.05) is 0 Å². The molecule has 0 radical (unpaired) electrons. The summed E-state index contributed by atoms with van der Waals surface area (Å²) in [4.78, 5) is 24.1. The van der Waals surface area contributed by atoms with Crippen LogP contribution in [0.3, 0.4) is 0 Å². The van der Waals surface area contributed by atoms with Gasteiger partial charge >= 0.3 is 0 Å². The van der Waals surface area contributed by atoms with Gasteiger partial charge < -0.3 is 5.73 Å². The lowest BCUT2D eigenvalue weighted by atomic mass is 9.88. The number of unbranched alkanes of at least 4 members (excludes halogenated alkanes) is 4. The van der Waals surface area contributed by atoms with Crippen LogP contribution in [0.15, 0.2) is 22.9 Å². The molecule has 0 aromatic carbocycles. The molecule has 1 aliphatic rings. The molecule has 3 heteroatoms. The van der Waals surface area contributed by atoms with E-state index in [2.05, 4.69) is 13.8 Å². The largest absolute Gasteiger partial charge is 0.395 e. The zero-order valence-electron chi connectivity index (χ0n) is 12.1. The molecule has 0 aliphatic heterocycles. The van der Waals surface area contributed by atoms with Gasteiger partial charge in [0.05, 0.1) is 5.70 Å². The highest BCUT2D eigenvalue weighted by atomic mass is 16.1. The highest BCUT2D eigenvalue weighted by Gasteiger charge is 2.25. The first kappa shape index (κ1) is 15.7. The normalized spacial score (nSPS) is 16.0. The van der Waals surface area contributed by atoms with Gasteiger partial charge in [0.15, 0.2) is 5.78 Å². The Morgan fingerprint density at radius 3 is 2.11 bits per heavy atom. The summed E-state index contributed by atoms with van der Waals surface area (Å²) in [6.07, 6.45) is 9.00. The number of allylic oxidation sites excluding steroid dienone is 3. The van der Waals surface area contributed by atoms with Crippen LogP contribution in [0.2, 0.25) is 0 Å². The van der Waals surface area contributed by atoms with Crippen molar-refractivity contribution in [2.45, 2.75) is 65.2 Å². The van der Waals surface area contributed by atoms with E-state index in [4.69, 9.17) is 5.73 Å². The van der Waals surface area contributed by atoms with Crippen LogP contribution < -0.4 is 5.73 Å². The van der Waals surface area contributed by atoms with Crippen LogP contribution in [0.4, 0.5) is 0 Å². The Labute approximate surface area is 115 Å². The van der Waals surface area contributed by atoms with Crippen LogP contribution in [-0.2, 0) is 9.59 Å².